The summed E-state index contributed by atoms with van der Waals surface area (Å²) in [6.07, 6.45) is 4.38. The Kier molecular flexibility index (Phi) is 4.67. The number of rotatable bonds is 4. The van der Waals surface area contributed by atoms with Crippen molar-refractivity contribution >= 4 is 10.0 Å². The predicted octanol–water partition coefficient (Wildman–Crippen LogP) is 1.98. The van der Waals surface area contributed by atoms with Crippen LogP contribution < -0.4 is 9.88 Å². The van der Waals surface area contributed by atoms with Gasteiger partial charge in [-0.2, -0.15) is 0 Å². The van der Waals surface area contributed by atoms with Gasteiger partial charge in [0.25, 0.3) is 0 Å². The van der Waals surface area contributed by atoms with E-state index in [1.807, 2.05) is 0 Å². The van der Waals surface area contributed by atoms with Crippen LogP contribution in [0.15, 0.2) is 23.1 Å². The molecule has 1 aliphatic rings. The minimum atomic E-state index is -3.67. The summed E-state index contributed by atoms with van der Waals surface area (Å²) in [6, 6.07) is 4.87. The highest BCUT2D eigenvalue weighted by Crippen LogP contribution is 2.27. The maximum absolute atomic E-state index is 11.4. The Labute approximate surface area is 120 Å². The predicted molar refractivity (Wildman–Crippen MR) is 76.2 cm³/mol. The fourth-order valence-electron chi connectivity index (χ4n) is 2.63. The number of nitrogens with two attached hydrogens (primary N) is 1. The molecular formula is C14H21NO4S. The van der Waals surface area contributed by atoms with Crippen molar-refractivity contribution in [2.75, 3.05) is 7.11 Å². The van der Waals surface area contributed by atoms with Gasteiger partial charge >= 0.3 is 0 Å². The largest absolute Gasteiger partial charge is 0.490 e. The molecule has 2 N–H and O–H groups in total. The molecule has 0 aromatic heterocycles. The van der Waals surface area contributed by atoms with Crippen LogP contribution >= 0.6 is 0 Å². The van der Waals surface area contributed by atoms with E-state index in [9.17, 15) is 8.42 Å². The standard InChI is InChI=1S/C14H21NO4S/c1-10-8-13(6-7-14(10)20(15,16)17)19-12-5-3-4-11(9-12)18-2/h6-8,11-12H,3-5,9H2,1-2H3,(H2,15,16,17). The van der Waals surface area contributed by atoms with Crippen LogP contribution in [-0.4, -0.2) is 27.7 Å². The Morgan fingerprint density at radius 2 is 1.95 bits per heavy atom. The molecule has 0 saturated heterocycles. The average Bonchev–Trinajstić information content (AvgIpc) is 2.37. The fourth-order valence-corrected chi connectivity index (χ4v) is 3.40. The third-order valence-corrected chi connectivity index (χ3v) is 4.74. The molecular weight excluding hydrogens is 278 g/mol. The van der Waals surface area contributed by atoms with Crippen molar-refractivity contribution in [2.24, 2.45) is 5.14 Å². The summed E-state index contributed by atoms with van der Waals surface area (Å²) < 4.78 is 34.0. The Morgan fingerprint density at radius 3 is 2.55 bits per heavy atom. The van der Waals surface area contributed by atoms with Gasteiger partial charge < -0.3 is 9.47 Å². The molecule has 112 valence electrons. The van der Waals surface area contributed by atoms with Gasteiger partial charge in [-0.05, 0) is 49.9 Å². The number of primary sulfonamides is 1. The zero-order valence-corrected chi connectivity index (χ0v) is 12.7. The average molecular weight is 299 g/mol. The van der Waals surface area contributed by atoms with Gasteiger partial charge in [0, 0.05) is 13.5 Å². The van der Waals surface area contributed by atoms with Gasteiger partial charge in [0.2, 0.25) is 10.0 Å². The van der Waals surface area contributed by atoms with Crippen molar-refractivity contribution in [3.63, 3.8) is 0 Å². The van der Waals surface area contributed by atoms with E-state index in [1.54, 1.807) is 26.2 Å². The molecule has 6 heteroatoms. The molecule has 0 spiro atoms. The molecule has 20 heavy (non-hydrogen) atoms. The topological polar surface area (TPSA) is 78.6 Å². The summed E-state index contributed by atoms with van der Waals surface area (Å²) >= 11 is 0. The first-order valence-corrected chi connectivity index (χ1v) is 8.27. The lowest BCUT2D eigenvalue weighted by molar-refractivity contribution is 0.0209. The van der Waals surface area contributed by atoms with Crippen LogP contribution in [0.5, 0.6) is 5.75 Å². The maximum Gasteiger partial charge on any atom is 0.238 e. The highest BCUT2D eigenvalue weighted by atomic mass is 32.2. The zero-order chi connectivity index (χ0) is 14.8. The van der Waals surface area contributed by atoms with Crippen molar-refractivity contribution < 1.29 is 17.9 Å². The summed E-state index contributed by atoms with van der Waals surface area (Å²) in [4.78, 5) is 0.142. The minimum Gasteiger partial charge on any atom is -0.490 e. The lowest BCUT2D eigenvalue weighted by atomic mass is 9.95. The molecule has 2 unspecified atom stereocenters. The normalized spacial score (nSPS) is 23.6. The second-order valence-corrected chi connectivity index (χ2v) is 6.77. The van der Waals surface area contributed by atoms with E-state index in [0.717, 1.165) is 25.7 Å². The summed E-state index contributed by atoms with van der Waals surface area (Å²) in [5, 5.41) is 5.14. The van der Waals surface area contributed by atoms with Gasteiger partial charge in [-0.15, -0.1) is 0 Å². The smallest absolute Gasteiger partial charge is 0.238 e. The number of hydrogen-bond acceptors (Lipinski definition) is 4. The van der Waals surface area contributed by atoms with E-state index in [2.05, 4.69) is 0 Å². The summed E-state index contributed by atoms with van der Waals surface area (Å²) in [7, 11) is -1.95. The summed E-state index contributed by atoms with van der Waals surface area (Å²) in [5.74, 6) is 0.677. The third-order valence-electron chi connectivity index (χ3n) is 3.67. The number of benzene rings is 1. The van der Waals surface area contributed by atoms with E-state index in [4.69, 9.17) is 14.6 Å². The van der Waals surface area contributed by atoms with E-state index in [0.29, 0.717) is 11.3 Å². The number of sulfonamides is 1. The molecule has 1 fully saturated rings. The quantitative estimate of drug-likeness (QED) is 0.922. The number of methoxy groups -OCH3 is 1. The second-order valence-electron chi connectivity index (χ2n) is 5.24. The van der Waals surface area contributed by atoms with Crippen LogP contribution in [0.4, 0.5) is 0 Å². The number of ether oxygens (including phenoxy) is 2. The van der Waals surface area contributed by atoms with Gasteiger partial charge in [-0.25, -0.2) is 13.6 Å². The number of hydrogen-bond donors (Lipinski definition) is 1. The lowest BCUT2D eigenvalue weighted by Gasteiger charge is -2.28. The van der Waals surface area contributed by atoms with E-state index in [1.165, 1.54) is 6.07 Å². The van der Waals surface area contributed by atoms with Crippen LogP contribution in [0.25, 0.3) is 0 Å². The lowest BCUT2D eigenvalue weighted by Crippen LogP contribution is -2.29. The van der Waals surface area contributed by atoms with Crippen molar-refractivity contribution in [1.29, 1.82) is 0 Å². The highest BCUT2D eigenvalue weighted by Gasteiger charge is 2.23. The zero-order valence-electron chi connectivity index (χ0n) is 11.8. The van der Waals surface area contributed by atoms with Crippen LogP contribution in [-0.2, 0) is 14.8 Å². The Hall–Kier alpha value is -1.11. The van der Waals surface area contributed by atoms with Gasteiger partial charge in [0.1, 0.15) is 11.9 Å². The molecule has 2 atom stereocenters. The first kappa shape index (κ1) is 15.3. The Morgan fingerprint density at radius 1 is 1.25 bits per heavy atom. The molecule has 1 aromatic carbocycles. The summed E-state index contributed by atoms with van der Waals surface area (Å²) in [6.45, 7) is 1.71. The molecule has 0 heterocycles. The Balaban J connectivity index is 2.09. The van der Waals surface area contributed by atoms with Crippen molar-refractivity contribution in [3.05, 3.63) is 23.8 Å². The van der Waals surface area contributed by atoms with E-state index in [-0.39, 0.29) is 17.1 Å². The molecule has 0 radical (unpaired) electrons. The molecule has 1 aromatic rings. The SMILES string of the molecule is COC1CCCC(Oc2ccc(S(N)(=O)=O)c(C)c2)C1. The fraction of sp³-hybridized carbons (Fsp3) is 0.571. The van der Waals surface area contributed by atoms with Crippen molar-refractivity contribution in [3.8, 4) is 5.75 Å². The van der Waals surface area contributed by atoms with Gasteiger partial charge in [0.15, 0.2) is 0 Å². The molecule has 0 amide bonds. The monoisotopic (exact) mass is 299 g/mol. The van der Waals surface area contributed by atoms with Gasteiger partial charge in [-0.3, -0.25) is 0 Å². The maximum atomic E-state index is 11.4. The second kappa shape index (κ2) is 6.11. The van der Waals surface area contributed by atoms with Crippen LogP contribution in [0, 0.1) is 6.92 Å². The van der Waals surface area contributed by atoms with E-state index < -0.39 is 10.0 Å². The van der Waals surface area contributed by atoms with Crippen LogP contribution in [0.3, 0.4) is 0 Å². The Bertz CT molecular complexity index is 571. The van der Waals surface area contributed by atoms with E-state index >= 15 is 0 Å². The molecule has 0 bridgehead atoms. The van der Waals surface area contributed by atoms with Crippen molar-refractivity contribution in [2.45, 2.75) is 49.7 Å². The molecule has 0 aliphatic heterocycles. The van der Waals surface area contributed by atoms with Crippen LogP contribution in [0.1, 0.15) is 31.2 Å². The molecule has 1 saturated carbocycles. The first-order valence-electron chi connectivity index (χ1n) is 6.73. The molecule has 1 aliphatic carbocycles. The van der Waals surface area contributed by atoms with Crippen molar-refractivity contribution in [1.82, 2.24) is 0 Å². The minimum absolute atomic E-state index is 0.119. The van der Waals surface area contributed by atoms with Gasteiger partial charge in [0.05, 0.1) is 11.0 Å². The van der Waals surface area contributed by atoms with Gasteiger partial charge in [-0.1, -0.05) is 0 Å². The highest BCUT2D eigenvalue weighted by molar-refractivity contribution is 7.89. The molecule has 2 rings (SSSR count). The third kappa shape index (κ3) is 3.71. The first-order chi connectivity index (χ1) is 9.40. The van der Waals surface area contributed by atoms with Crippen LogP contribution in [0.2, 0.25) is 0 Å². The summed E-state index contributed by atoms with van der Waals surface area (Å²) in [5.41, 5.74) is 0.601. The molecule has 5 nitrogen and oxygen atoms in total. The number of aryl methyl sites for hydroxylation is 1.